The van der Waals surface area contributed by atoms with E-state index in [9.17, 15) is 0 Å². The van der Waals surface area contributed by atoms with Gasteiger partial charge in [-0.2, -0.15) is 0 Å². The molecule has 0 nitrogen and oxygen atoms in total. The van der Waals surface area contributed by atoms with Crippen LogP contribution in [0.5, 0.6) is 0 Å². The fourth-order valence-corrected chi connectivity index (χ4v) is 1.94. The van der Waals surface area contributed by atoms with Gasteiger partial charge in [0.2, 0.25) is 0 Å². The van der Waals surface area contributed by atoms with Gasteiger partial charge in [0.05, 0.1) is 0 Å². The van der Waals surface area contributed by atoms with Crippen LogP contribution in [0.4, 0.5) is 0 Å². The first-order chi connectivity index (χ1) is 7.31. The molecule has 0 aliphatic carbocycles. The Morgan fingerprint density at radius 1 is 0.933 bits per heavy atom. The largest absolute Gasteiger partial charge is 0.115 e. The van der Waals surface area contributed by atoms with Crippen molar-refractivity contribution in [3.05, 3.63) is 58.6 Å². The molecule has 72 valence electrons. The number of terminal acetylenes is 1. The Balaban J connectivity index is 2.49. The predicted molar refractivity (Wildman–Crippen MR) is 67.5 cm³/mol. The molecule has 0 aromatic heterocycles. The molecule has 0 saturated carbocycles. The summed E-state index contributed by atoms with van der Waals surface area (Å²) >= 11 is 3.46. The molecule has 15 heavy (non-hydrogen) atoms. The monoisotopic (exact) mass is 256 g/mol. The normalized spacial score (nSPS) is 9.60. The number of halogens is 1. The number of benzene rings is 2. The van der Waals surface area contributed by atoms with Crippen molar-refractivity contribution in [2.45, 2.75) is 0 Å². The molecule has 0 heterocycles. The Bertz CT molecular complexity index is 507. The first-order valence-electron chi connectivity index (χ1n) is 4.63. The van der Waals surface area contributed by atoms with E-state index in [1.807, 2.05) is 36.4 Å². The summed E-state index contributed by atoms with van der Waals surface area (Å²) in [5, 5.41) is 0. The molecule has 0 bridgehead atoms. The zero-order valence-electron chi connectivity index (χ0n) is 8.07. The van der Waals surface area contributed by atoms with Crippen LogP contribution >= 0.6 is 15.9 Å². The maximum absolute atomic E-state index is 5.36. The first-order valence-corrected chi connectivity index (χ1v) is 5.42. The molecule has 0 N–H and O–H groups in total. The summed E-state index contributed by atoms with van der Waals surface area (Å²) in [7, 11) is 0. The summed E-state index contributed by atoms with van der Waals surface area (Å²) in [4.78, 5) is 0. The summed E-state index contributed by atoms with van der Waals surface area (Å²) in [5.74, 6) is 2.63. The molecule has 0 aliphatic heterocycles. The molecule has 0 fully saturated rings. The average molecular weight is 257 g/mol. The lowest BCUT2D eigenvalue weighted by Crippen LogP contribution is -1.81. The fourth-order valence-electron chi connectivity index (χ4n) is 1.44. The molecule has 0 spiro atoms. The highest BCUT2D eigenvalue weighted by Crippen LogP contribution is 2.25. The van der Waals surface area contributed by atoms with Crippen LogP contribution in [0.15, 0.2) is 53.0 Å². The Morgan fingerprint density at radius 3 is 2.27 bits per heavy atom. The Morgan fingerprint density at radius 2 is 1.67 bits per heavy atom. The molecule has 0 radical (unpaired) electrons. The van der Waals surface area contributed by atoms with Crippen molar-refractivity contribution in [2.24, 2.45) is 0 Å². The number of hydrogen-bond donors (Lipinski definition) is 0. The third kappa shape index (κ3) is 2.11. The van der Waals surface area contributed by atoms with Gasteiger partial charge in [0.25, 0.3) is 0 Å². The predicted octanol–water partition coefficient (Wildman–Crippen LogP) is 4.10. The molecule has 0 saturated heterocycles. The van der Waals surface area contributed by atoms with Crippen LogP contribution in [-0.2, 0) is 0 Å². The standard InChI is InChI=1S/C14H9Br/c1-2-11-8-9-13(10-14(11)15)12-6-4-3-5-7-12/h1,3-10H. The molecular formula is C14H9Br. The van der Waals surface area contributed by atoms with E-state index in [1.54, 1.807) is 0 Å². The third-order valence-corrected chi connectivity index (χ3v) is 2.89. The Hall–Kier alpha value is -1.52. The molecule has 1 heteroatoms. The van der Waals surface area contributed by atoms with Crippen LogP contribution in [0.25, 0.3) is 11.1 Å². The molecule has 2 aromatic carbocycles. The lowest BCUT2D eigenvalue weighted by Gasteiger charge is -2.03. The maximum Gasteiger partial charge on any atom is 0.0385 e. The topological polar surface area (TPSA) is 0 Å². The average Bonchev–Trinajstić information content (AvgIpc) is 2.30. The second-order valence-electron chi connectivity index (χ2n) is 3.20. The zero-order chi connectivity index (χ0) is 10.7. The lowest BCUT2D eigenvalue weighted by atomic mass is 10.0. The smallest absolute Gasteiger partial charge is 0.0385 e. The van der Waals surface area contributed by atoms with Crippen molar-refractivity contribution in [3.63, 3.8) is 0 Å². The van der Waals surface area contributed by atoms with E-state index in [1.165, 1.54) is 11.1 Å². The van der Waals surface area contributed by atoms with Gasteiger partial charge in [0, 0.05) is 10.0 Å². The van der Waals surface area contributed by atoms with Crippen LogP contribution in [-0.4, -0.2) is 0 Å². The van der Waals surface area contributed by atoms with Crippen LogP contribution in [0.3, 0.4) is 0 Å². The van der Waals surface area contributed by atoms with E-state index in [4.69, 9.17) is 6.42 Å². The quantitative estimate of drug-likeness (QED) is 0.675. The van der Waals surface area contributed by atoms with Crippen molar-refractivity contribution < 1.29 is 0 Å². The highest BCUT2D eigenvalue weighted by molar-refractivity contribution is 9.10. The molecule has 0 atom stereocenters. The van der Waals surface area contributed by atoms with Gasteiger partial charge in [0.1, 0.15) is 0 Å². The summed E-state index contributed by atoms with van der Waals surface area (Å²) in [6.45, 7) is 0. The summed E-state index contributed by atoms with van der Waals surface area (Å²) < 4.78 is 0.964. The van der Waals surface area contributed by atoms with E-state index in [0.717, 1.165) is 10.0 Å². The van der Waals surface area contributed by atoms with Crippen LogP contribution in [0, 0.1) is 12.3 Å². The number of rotatable bonds is 1. The minimum atomic E-state index is 0.884. The SMILES string of the molecule is C#Cc1ccc(-c2ccccc2)cc1Br. The van der Waals surface area contributed by atoms with Crippen molar-refractivity contribution in [3.8, 4) is 23.5 Å². The van der Waals surface area contributed by atoms with Crippen molar-refractivity contribution in [1.82, 2.24) is 0 Å². The minimum Gasteiger partial charge on any atom is -0.115 e. The van der Waals surface area contributed by atoms with Crippen LogP contribution in [0.1, 0.15) is 5.56 Å². The highest BCUT2D eigenvalue weighted by atomic mass is 79.9. The van der Waals surface area contributed by atoms with Gasteiger partial charge < -0.3 is 0 Å². The van der Waals surface area contributed by atoms with Gasteiger partial charge in [0.15, 0.2) is 0 Å². The molecule has 0 amide bonds. The molecule has 2 rings (SSSR count). The summed E-state index contributed by atoms with van der Waals surface area (Å²) in [6, 6.07) is 16.3. The second kappa shape index (κ2) is 4.33. The van der Waals surface area contributed by atoms with Gasteiger partial charge in [-0.1, -0.05) is 42.3 Å². The van der Waals surface area contributed by atoms with E-state index >= 15 is 0 Å². The Labute approximate surface area is 98.1 Å². The molecular weight excluding hydrogens is 248 g/mol. The van der Waals surface area contributed by atoms with Gasteiger partial charge >= 0.3 is 0 Å². The highest BCUT2D eigenvalue weighted by Gasteiger charge is 2.00. The van der Waals surface area contributed by atoms with Crippen molar-refractivity contribution in [2.75, 3.05) is 0 Å². The fraction of sp³-hybridized carbons (Fsp3) is 0. The zero-order valence-corrected chi connectivity index (χ0v) is 9.66. The van der Waals surface area contributed by atoms with Crippen LogP contribution in [0.2, 0.25) is 0 Å². The van der Waals surface area contributed by atoms with Gasteiger partial charge in [-0.3, -0.25) is 0 Å². The minimum absolute atomic E-state index is 0.884. The Kier molecular flexibility index (Phi) is 2.89. The number of hydrogen-bond acceptors (Lipinski definition) is 0. The lowest BCUT2D eigenvalue weighted by molar-refractivity contribution is 1.56. The van der Waals surface area contributed by atoms with E-state index in [-0.39, 0.29) is 0 Å². The summed E-state index contributed by atoms with van der Waals surface area (Å²) in [6.07, 6.45) is 5.36. The maximum atomic E-state index is 5.36. The van der Waals surface area contributed by atoms with Crippen molar-refractivity contribution in [1.29, 1.82) is 0 Å². The van der Waals surface area contributed by atoms with E-state index in [0.29, 0.717) is 0 Å². The third-order valence-electron chi connectivity index (χ3n) is 2.23. The van der Waals surface area contributed by atoms with Gasteiger partial charge in [-0.25, -0.2) is 0 Å². The molecule has 0 unspecified atom stereocenters. The molecule has 2 aromatic rings. The summed E-state index contributed by atoms with van der Waals surface area (Å²) in [5.41, 5.74) is 3.25. The van der Waals surface area contributed by atoms with Gasteiger partial charge in [-0.15, -0.1) is 6.42 Å². The van der Waals surface area contributed by atoms with E-state index in [2.05, 4.69) is 34.0 Å². The van der Waals surface area contributed by atoms with Crippen molar-refractivity contribution >= 4 is 15.9 Å². The van der Waals surface area contributed by atoms with Crippen LogP contribution < -0.4 is 0 Å². The second-order valence-corrected chi connectivity index (χ2v) is 4.06. The molecule has 0 aliphatic rings. The van der Waals surface area contributed by atoms with Gasteiger partial charge in [-0.05, 0) is 39.2 Å². The van der Waals surface area contributed by atoms with E-state index < -0.39 is 0 Å². The first kappa shape index (κ1) is 10.0.